The Hall–Kier alpha value is -2.76. The molecule has 30 heavy (non-hydrogen) atoms. The van der Waals surface area contributed by atoms with Crippen molar-refractivity contribution in [1.29, 1.82) is 0 Å². The standard InChI is InChI=1S/C25H28N2O3/c1-15-12-20(16(2)28)27-21-13-19-22(14-18(15)21)30-25(3,4)24(29)23(19)26-11-10-17-8-6-5-7-9-17/h5-9,12-14,23-24,26,29H,10-11H2,1-4H3/t23-,24+/m0/s1. The number of hydrogen-bond donors (Lipinski definition) is 2. The van der Waals surface area contributed by atoms with E-state index in [0.717, 1.165) is 40.7 Å². The molecule has 0 spiro atoms. The van der Waals surface area contributed by atoms with Gasteiger partial charge in [-0.1, -0.05) is 30.3 Å². The van der Waals surface area contributed by atoms with Crippen molar-refractivity contribution >= 4 is 16.7 Å². The third-order valence-corrected chi connectivity index (χ3v) is 5.86. The van der Waals surface area contributed by atoms with Gasteiger partial charge in [0.05, 0.1) is 11.6 Å². The number of aromatic nitrogens is 1. The van der Waals surface area contributed by atoms with Gasteiger partial charge in [-0.15, -0.1) is 0 Å². The number of benzene rings is 2. The molecule has 1 aromatic heterocycles. The van der Waals surface area contributed by atoms with Crippen molar-refractivity contribution < 1.29 is 14.6 Å². The van der Waals surface area contributed by atoms with Crippen molar-refractivity contribution in [1.82, 2.24) is 10.3 Å². The van der Waals surface area contributed by atoms with Gasteiger partial charge in [-0.25, -0.2) is 4.98 Å². The quantitative estimate of drug-likeness (QED) is 0.625. The van der Waals surface area contributed by atoms with E-state index in [1.54, 1.807) is 0 Å². The molecular formula is C25H28N2O3. The number of pyridine rings is 1. The first kappa shape index (κ1) is 20.5. The van der Waals surface area contributed by atoms with Gasteiger partial charge in [0.15, 0.2) is 5.78 Å². The number of rotatable bonds is 5. The van der Waals surface area contributed by atoms with E-state index in [9.17, 15) is 9.90 Å². The number of carbonyl (C=O) groups is 1. The Morgan fingerprint density at radius 1 is 1.20 bits per heavy atom. The minimum absolute atomic E-state index is 0.0623. The average molecular weight is 405 g/mol. The first-order valence-electron chi connectivity index (χ1n) is 10.4. The van der Waals surface area contributed by atoms with E-state index in [0.29, 0.717) is 5.69 Å². The zero-order valence-corrected chi connectivity index (χ0v) is 17.9. The maximum atomic E-state index is 11.9. The van der Waals surface area contributed by atoms with E-state index < -0.39 is 11.7 Å². The number of aliphatic hydroxyl groups excluding tert-OH is 1. The number of carbonyl (C=O) groups excluding carboxylic acids is 1. The predicted molar refractivity (Wildman–Crippen MR) is 118 cm³/mol. The van der Waals surface area contributed by atoms with Crippen LogP contribution in [0.4, 0.5) is 0 Å². The van der Waals surface area contributed by atoms with Crippen LogP contribution in [0.15, 0.2) is 48.5 Å². The molecule has 156 valence electrons. The summed E-state index contributed by atoms with van der Waals surface area (Å²) in [6, 6.07) is 15.7. The van der Waals surface area contributed by atoms with Crippen molar-refractivity contribution in [2.24, 2.45) is 0 Å². The third-order valence-electron chi connectivity index (χ3n) is 5.86. The number of Topliss-reactive ketones (excluding diaryl/α,β-unsaturated/α-hetero) is 1. The predicted octanol–water partition coefficient (Wildman–Crippen LogP) is 4.15. The van der Waals surface area contributed by atoms with E-state index in [1.165, 1.54) is 12.5 Å². The normalized spacial score (nSPS) is 19.9. The van der Waals surface area contributed by atoms with Gasteiger partial charge in [0, 0.05) is 17.9 Å². The number of aliphatic hydroxyl groups is 1. The number of aryl methyl sites for hydroxylation is 1. The third kappa shape index (κ3) is 3.83. The molecule has 0 fully saturated rings. The number of ketones is 1. The fourth-order valence-corrected chi connectivity index (χ4v) is 4.10. The minimum atomic E-state index is -0.730. The average Bonchev–Trinajstić information content (AvgIpc) is 2.70. The molecule has 0 radical (unpaired) electrons. The molecule has 2 N–H and O–H groups in total. The van der Waals surface area contributed by atoms with Crippen molar-refractivity contribution in [3.8, 4) is 5.75 Å². The Morgan fingerprint density at radius 2 is 1.93 bits per heavy atom. The Kier molecular flexibility index (Phi) is 5.35. The molecule has 4 rings (SSSR count). The Balaban J connectivity index is 1.71. The Labute approximate surface area is 177 Å². The van der Waals surface area contributed by atoms with Gasteiger partial charge < -0.3 is 15.2 Å². The lowest BCUT2D eigenvalue weighted by atomic mass is 9.85. The number of fused-ring (bicyclic) bond motifs is 2. The van der Waals surface area contributed by atoms with E-state index in [1.807, 2.05) is 57.2 Å². The summed E-state index contributed by atoms with van der Waals surface area (Å²) in [6.07, 6.45) is 0.135. The van der Waals surface area contributed by atoms with E-state index >= 15 is 0 Å². The molecule has 2 atom stereocenters. The van der Waals surface area contributed by atoms with Crippen LogP contribution in [0.5, 0.6) is 5.75 Å². The summed E-state index contributed by atoms with van der Waals surface area (Å²) in [5.41, 5.74) is 3.55. The van der Waals surface area contributed by atoms with Crippen molar-refractivity contribution in [3.05, 3.63) is 70.9 Å². The van der Waals surface area contributed by atoms with Crippen molar-refractivity contribution in [2.75, 3.05) is 6.54 Å². The van der Waals surface area contributed by atoms with Gasteiger partial charge in [0.25, 0.3) is 0 Å². The molecule has 0 saturated heterocycles. The lowest BCUT2D eigenvalue weighted by molar-refractivity contribution is -0.0642. The summed E-state index contributed by atoms with van der Waals surface area (Å²) in [7, 11) is 0. The van der Waals surface area contributed by atoms with Gasteiger partial charge in [-0.05, 0) is 63.1 Å². The number of hydrogen-bond acceptors (Lipinski definition) is 5. The van der Waals surface area contributed by atoms with Gasteiger partial charge in [-0.2, -0.15) is 0 Å². The van der Waals surface area contributed by atoms with E-state index in [-0.39, 0.29) is 11.8 Å². The highest BCUT2D eigenvalue weighted by molar-refractivity contribution is 5.96. The molecule has 0 aliphatic carbocycles. The second-order valence-electron chi connectivity index (χ2n) is 8.61. The van der Waals surface area contributed by atoms with Crippen molar-refractivity contribution in [2.45, 2.75) is 51.9 Å². The molecule has 2 aromatic carbocycles. The second-order valence-corrected chi connectivity index (χ2v) is 8.61. The van der Waals surface area contributed by atoms with E-state index in [4.69, 9.17) is 4.74 Å². The highest BCUT2D eigenvalue weighted by Crippen LogP contribution is 2.42. The summed E-state index contributed by atoms with van der Waals surface area (Å²) >= 11 is 0. The molecule has 2 heterocycles. The first-order valence-corrected chi connectivity index (χ1v) is 10.4. The largest absolute Gasteiger partial charge is 0.485 e. The molecule has 1 aliphatic rings. The summed E-state index contributed by atoms with van der Waals surface area (Å²) in [5.74, 6) is 0.683. The summed E-state index contributed by atoms with van der Waals surface area (Å²) < 4.78 is 6.18. The highest BCUT2D eigenvalue weighted by atomic mass is 16.5. The van der Waals surface area contributed by atoms with Gasteiger partial charge in [0.1, 0.15) is 23.1 Å². The van der Waals surface area contributed by atoms with Gasteiger partial charge in [-0.3, -0.25) is 4.79 Å². The maximum absolute atomic E-state index is 11.9. The van der Waals surface area contributed by atoms with Crippen LogP contribution in [0, 0.1) is 6.92 Å². The zero-order valence-electron chi connectivity index (χ0n) is 17.9. The second kappa shape index (κ2) is 7.82. The fraction of sp³-hybridized carbons (Fsp3) is 0.360. The zero-order chi connectivity index (χ0) is 21.5. The molecule has 0 saturated carbocycles. The molecule has 5 nitrogen and oxygen atoms in total. The molecule has 3 aromatic rings. The van der Waals surface area contributed by atoms with Crippen molar-refractivity contribution in [3.63, 3.8) is 0 Å². The topological polar surface area (TPSA) is 71.5 Å². The summed E-state index contributed by atoms with van der Waals surface area (Å²) in [6.45, 7) is 8.02. The summed E-state index contributed by atoms with van der Waals surface area (Å²) in [5, 5.41) is 15.5. The number of nitrogens with one attached hydrogen (secondary N) is 1. The lowest BCUT2D eigenvalue weighted by Gasteiger charge is -2.42. The molecule has 0 unspecified atom stereocenters. The molecular weight excluding hydrogens is 376 g/mol. The molecule has 0 amide bonds. The molecule has 1 aliphatic heterocycles. The molecule has 5 heteroatoms. The van der Waals surface area contributed by atoms with Crippen LogP contribution >= 0.6 is 0 Å². The number of nitrogens with zero attached hydrogens (tertiary/aromatic N) is 1. The SMILES string of the molecule is CC(=O)c1cc(C)c2cc3c(cc2n1)[C@H](NCCc1ccccc1)[C@@H](O)C(C)(C)O3. The van der Waals surface area contributed by atoms with Crippen LogP contribution in [0.3, 0.4) is 0 Å². The Morgan fingerprint density at radius 3 is 2.63 bits per heavy atom. The van der Waals surface area contributed by atoms with Crippen LogP contribution < -0.4 is 10.1 Å². The minimum Gasteiger partial charge on any atom is -0.485 e. The van der Waals surface area contributed by atoms with Gasteiger partial charge in [0.2, 0.25) is 0 Å². The number of ether oxygens (including phenoxy) is 1. The highest BCUT2D eigenvalue weighted by Gasteiger charge is 2.42. The maximum Gasteiger partial charge on any atom is 0.178 e. The molecule has 0 bridgehead atoms. The lowest BCUT2D eigenvalue weighted by Crippen LogP contribution is -2.52. The van der Waals surface area contributed by atoms with Crippen LogP contribution in [-0.2, 0) is 6.42 Å². The van der Waals surface area contributed by atoms with Crippen LogP contribution in [0.2, 0.25) is 0 Å². The van der Waals surface area contributed by atoms with Gasteiger partial charge >= 0.3 is 0 Å². The van der Waals surface area contributed by atoms with Crippen LogP contribution in [-0.4, -0.2) is 34.1 Å². The van der Waals surface area contributed by atoms with Crippen LogP contribution in [0.25, 0.3) is 10.9 Å². The summed E-state index contributed by atoms with van der Waals surface area (Å²) in [4.78, 5) is 16.4. The van der Waals surface area contributed by atoms with Crippen LogP contribution in [0.1, 0.15) is 54.0 Å². The monoisotopic (exact) mass is 404 g/mol. The Bertz CT molecular complexity index is 1090. The first-order chi connectivity index (χ1) is 14.3. The smallest absolute Gasteiger partial charge is 0.178 e. The van der Waals surface area contributed by atoms with E-state index in [2.05, 4.69) is 22.4 Å². The fourth-order valence-electron chi connectivity index (χ4n) is 4.10.